The number of nitrogens with zero attached hydrogens (tertiary/aromatic N) is 3. The Bertz CT molecular complexity index is 848. The van der Waals surface area contributed by atoms with Crippen molar-refractivity contribution in [2.24, 2.45) is 0 Å². The third kappa shape index (κ3) is 4.77. The third-order valence-electron chi connectivity index (χ3n) is 3.56. The molecule has 1 aromatic rings. The molecule has 13 heteroatoms. The Morgan fingerprint density at radius 3 is 2.40 bits per heavy atom. The number of sulfonamides is 2. The van der Waals surface area contributed by atoms with Crippen molar-refractivity contribution in [2.45, 2.75) is 31.3 Å². The second kappa shape index (κ2) is 7.40. The molecule has 2 heterocycles. The fraction of sp³-hybridized carbons (Fsp3) is 0.583. The zero-order valence-electron chi connectivity index (χ0n) is 13.6. The summed E-state index contributed by atoms with van der Waals surface area (Å²) in [6.07, 6.45) is 1.34. The molecule has 1 aliphatic heterocycles. The van der Waals surface area contributed by atoms with Gasteiger partial charge in [-0.15, -0.1) is 0 Å². The van der Waals surface area contributed by atoms with Gasteiger partial charge in [0.25, 0.3) is 10.0 Å². The van der Waals surface area contributed by atoms with E-state index < -0.39 is 30.7 Å². The van der Waals surface area contributed by atoms with Crippen molar-refractivity contribution >= 4 is 43.6 Å². The summed E-state index contributed by atoms with van der Waals surface area (Å²) in [4.78, 5) is 19.5. The van der Waals surface area contributed by atoms with Crippen LogP contribution in [0.2, 0.25) is 5.15 Å². The number of rotatable bonds is 5. The lowest BCUT2D eigenvalue weighted by molar-refractivity contribution is 0.256. The number of nitrogens with one attached hydrogen (secondary N) is 2. The SMILES string of the molecule is Cc1cc(Cl)nc(NC(=O)NS(=O)(=O)C(C)S(=O)(=O)N2CCCC2)n1. The van der Waals surface area contributed by atoms with E-state index in [0.717, 1.165) is 11.2 Å². The quantitative estimate of drug-likeness (QED) is 0.678. The van der Waals surface area contributed by atoms with E-state index in [0.29, 0.717) is 18.5 Å². The van der Waals surface area contributed by atoms with Crippen LogP contribution in [0.5, 0.6) is 0 Å². The molecule has 1 aliphatic rings. The van der Waals surface area contributed by atoms with Crippen LogP contribution in [0.15, 0.2) is 6.07 Å². The second-order valence-electron chi connectivity index (χ2n) is 5.48. The molecule has 2 rings (SSSR count). The molecule has 2 N–H and O–H groups in total. The van der Waals surface area contributed by atoms with Gasteiger partial charge in [-0.05, 0) is 32.8 Å². The highest BCUT2D eigenvalue weighted by Crippen LogP contribution is 2.19. The lowest BCUT2D eigenvalue weighted by Crippen LogP contribution is -2.47. The van der Waals surface area contributed by atoms with E-state index in [1.54, 1.807) is 11.6 Å². The molecule has 0 spiro atoms. The zero-order valence-corrected chi connectivity index (χ0v) is 15.9. The van der Waals surface area contributed by atoms with Gasteiger partial charge in [0.1, 0.15) is 5.15 Å². The number of amides is 2. The van der Waals surface area contributed by atoms with Crippen LogP contribution in [-0.2, 0) is 20.0 Å². The molecule has 1 fully saturated rings. The maximum Gasteiger partial charge on any atom is 0.335 e. The molecular weight excluding hydrogens is 394 g/mol. The van der Waals surface area contributed by atoms with Crippen LogP contribution in [0.1, 0.15) is 25.5 Å². The maximum atomic E-state index is 12.3. The van der Waals surface area contributed by atoms with E-state index in [1.807, 2.05) is 0 Å². The van der Waals surface area contributed by atoms with Crippen molar-refractivity contribution in [3.05, 3.63) is 16.9 Å². The number of halogens is 1. The molecule has 0 aromatic carbocycles. The van der Waals surface area contributed by atoms with Gasteiger partial charge in [-0.2, -0.15) is 0 Å². The van der Waals surface area contributed by atoms with Gasteiger partial charge in [-0.3, -0.25) is 5.32 Å². The smallest absolute Gasteiger partial charge is 0.275 e. The summed E-state index contributed by atoms with van der Waals surface area (Å²) >= 11 is 5.72. The van der Waals surface area contributed by atoms with Gasteiger partial charge < -0.3 is 0 Å². The molecule has 1 atom stereocenters. The average molecular weight is 412 g/mol. The fourth-order valence-electron chi connectivity index (χ4n) is 2.24. The molecule has 2 amide bonds. The number of aryl methyl sites for hydroxylation is 1. The molecule has 25 heavy (non-hydrogen) atoms. The zero-order chi connectivity index (χ0) is 18.8. The first-order valence-corrected chi connectivity index (χ1v) is 10.8. The maximum absolute atomic E-state index is 12.3. The van der Waals surface area contributed by atoms with Crippen LogP contribution >= 0.6 is 11.6 Å². The average Bonchev–Trinajstić information content (AvgIpc) is 2.99. The minimum atomic E-state index is -4.48. The van der Waals surface area contributed by atoms with E-state index in [-0.39, 0.29) is 24.2 Å². The first-order valence-electron chi connectivity index (χ1n) is 7.35. The Morgan fingerprint density at radius 2 is 1.84 bits per heavy atom. The molecule has 140 valence electrons. The van der Waals surface area contributed by atoms with Gasteiger partial charge in [0.2, 0.25) is 16.0 Å². The van der Waals surface area contributed by atoms with Gasteiger partial charge in [0.05, 0.1) is 0 Å². The van der Waals surface area contributed by atoms with Crippen LogP contribution in [0.4, 0.5) is 10.7 Å². The molecule has 0 bridgehead atoms. The largest absolute Gasteiger partial charge is 0.335 e. The molecule has 0 radical (unpaired) electrons. The topological polar surface area (TPSA) is 138 Å². The summed E-state index contributed by atoms with van der Waals surface area (Å²) < 4.78 is 50.1. The summed E-state index contributed by atoms with van der Waals surface area (Å²) in [6, 6.07) is 0.275. The van der Waals surface area contributed by atoms with Gasteiger partial charge >= 0.3 is 6.03 Å². The first kappa shape index (κ1) is 19.8. The summed E-state index contributed by atoms with van der Waals surface area (Å²) in [6.45, 7) is 3.16. The molecule has 1 unspecified atom stereocenters. The molecule has 0 saturated carbocycles. The normalized spacial score (nSPS) is 17.2. The van der Waals surface area contributed by atoms with Crippen LogP contribution in [0.3, 0.4) is 0 Å². The second-order valence-corrected chi connectivity index (χ2v) is 10.4. The molecular formula is C12H18ClN5O5S2. The van der Waals surface area contributed by atoms with Crippen LogP contribution < -0.4 is 10.0 Å². The van der Waals surface area contributed by atoms with Crippen molar-refractivity contribution in [3.63, 3.8) is 0 Å². The number of aromatic nitrogens is 2. The van der Waals surface area contributed by atoms with Crippen molar-refractivity contribution in [2.75, 3.05) is 18.4 Å². The van der Waals surface area contributed by atoms with Gasteiger partial charge in [0, 0.05) is 18.8 Å². The molecule has 10 nitrogen and oxygen atoms in total. The van der Waals surface area contributed by atoms with Crippen molar-refractivity contribution < 1.29 is 21.6 Å². The lowest BCUT2D eigenvalue weighted by Gasteiger charge is -2.21. The van der Waals surface area contributed by atoms with Gasteiger partial charge in [0.15, 0.2) is 4.58 Å². The lowest BCUT2D eigenvalue weighted by atomic mass is 10.4. The highest BCUT2D eigenvalue weighted by atomic mass is 35.5. The number of urea groups is 1. The first-order chi connectivity index (χ1) is 11.5. The van der Waals surface area contributed by atoms with E-state index in [4.69, 9.17) is 11.6 Å². The minimum absolute atomic E-state index is 0.0654. The van der Waals surface area contributed by atoms with E-state index in [1.165, 1.54) is 6.07 Å². The Kier molecular flexibility index (Phi) is 5.86. The van der Waals surface area contributed by atoms with Crippen LogP contribution in [0, 0.1) is 6.92 Å². The Labute approximate surface area is 151 Å². The van der Waals surface area contributed by atoms with Crippen molar-refractivity contribution in [3.8, 4) is 0 Å². The Morgan fingerprint density at radius 1 is 1.24 bits per heavy atom. The van der Waals surface area contributed by atoms with E-state index in [2.05, 4.69) is 15.3 Å². The highest BCUT2D eigenvalue weighted by molar-refractivity contribution is 8.07. The van der Waals surface area contributed by atoms with Crippen molar-refractivity contribution in [1.82, 2.24) is 19.0 Å². The molecule has 0 aliphatic carbocycles. The predicted molar refractivity (Wildman–Crippen MR) is 92.0 cm³/mol. The predicted octanol–water partition coefficient (Wildman–Crippen LogP) is 0.661. The van der Waals surface area contributed by atoms with Gasteiger partial charge in [-0.25, -0.2) is 40.6 Å². The molecule has 1 saturated heterocycles. The number of carbonyl (C=O) groups is 1. The van der Waals surface area contributed by atoms with Crippen LogP contribution in [0.25, 0.3) is 0 Å². The summed E-state index contributed by atoms with van der Waals surface area (Å²) in [5.74, 6) is -0.201. The van der Waals surface area contributed by atoms with Crippen molar-refractivity contribution in [1.29, 1.82) is 0 Å². The standard InChI is InChI=1S/C12H18ClN5O5S2/c1-8-7-10(13)15-11(14-8)16-12(19)17-24(20,21)9(2)25(22,23)18-5-3-4-6-18/h7,9H,3-6H2,1-2H3,(H2,14,15,16,17,19). The van der Waals surface area contributed by atoms with E-state index >= 15 is 0 Å². The number of hydrogen-bond donors (Lipinski definition) is 2. The summed E-state index contributed by atoms with van der Waals surface area (Å²) in [7, 11) is -8.55. The Balaban J connectivity index is 2.10. The van der Waals surface area contributed by atoms with Gasteiger partial charge in [-0.1, -0.05) is 11.6 Å². The summed E-state index contributed by atoms with van der Waals surface area (Å²) in [5.41, 5.74) is 0.461. The highest BCUT2D eigenvalue weighted by Gasteiger charge is 2.40. The number of hydrogen-bond acceptors (Lipinski definition) is 7. The monoisotopic (exact) mass is 411 g/mol. The number of carbonyl (C=O) groups excluding carboxylic acids is 1. The minimum Gasteiger partial charge on any atom is -0.275 e. The number of anilines is 1. The molecule has 1 aromatic heterocycles. The fourth-order valence-corrected chi connectivity index (χ4v) is 5.93. The third-order valence-corrected chi connectivity index (χ3v) is 8.52. The van der Waals surface area contributed by atoms with Crippen LogP contribution in [-0.4, -0.2) is 54.8 Å². The Hall–Kier alpha value is -1.50. The summed E-state index contributed by atoms with van der Waals surface area (Å²) in [5, 5.41) is 2.18. The van der Waals surface area contributed by atoms with E-state index in [9.17, 15) is 21.6 Å².